The van der Waals surface area contributed by atoms with Crippen molar-refractivity contribution < 1.29 is 4.79 Å². The van der Waals surface area contributed by atoms with Crippen molar-refractivity contribution in [1.82, 2.24) is 0 Å². The standard InChI is InChI=1S/C4H8N3OP/c5-3-2(4(6)8)9-1-7-3/h1-3,9H,5H2,(H2,6,8). The molecule has 1 heterocycles. The highest BCUT2D eigenvalue weighted by Crippen LogP contribution is 2.24. The number of nitrogens with two attached hydrogens (primary N) is 2. The first-order chi connectivity index (χ1) is 4.22. The molecule has 3 atom stereocenters. The van der Waals surface area contributed by atoms with Crippen LogP contribution in [0.5, 0.6) is 0 Å². The highest BCUT2D eigenvalue weighted by Gasteiger charge is 2.25. The first-order valence-electron chi connectivity index (χ1n) is 2.54. The van der Waals surface area contributed by atoms with Crippen molar-refractivity contribution in [2.45, 2.75) is 11.8 Å². The third-order valence-electron chi connectivity index (χ3n) is 1.15. The zero-order valence-electron chi connectivity index (χ0n) is 4.74. The lowest BCUT2D eigenvalue weighted by molar-refractivity contribution is -0.117. The molecular formula is C4H8N3OP. The maximum absolute atomic E-state index is 10.5. The third kappa shape index (κ3) is 1.26. The van der Waals surface area contributed by atoms with Crippen LogP contribution in [-0.4, -0.2) is 23.7 Å². The lowest BCUT2D eigenvalue weighted by atomic mass is 10.3. The van der Waals surface area contributed by atoms with Crippen molar-refractivity contribution >= 4 is 20.4 Å². The quantitative estimate of drug-likeness (QED) is 0.456. The molecule has 0 saturated heterocycles. The van der Waals surface area contributed by atoms with Gasteiger partial charge in [0, 0.05) is 5.96 Å². The number of primary amides is 1. The number of amides is 1. The van der Waals surface area contributed by atoms with Gasteiger partial charge in [-0.25, -0.2) is 0 Å². The van der Waals surface area contributed by atoms with Crippen molar-refractivity contribution in [2.75, 3.05) is 0 Å². The number of nitrogens with zero attached hydrogens (tertiary/aromatic N) is 1. The Morgan fingerprint density at radius 1 is 1.78 bits per heavy atom. The van der Waals surface area contributed by atoms with Gasteiger partial charge in [0.1, 0.15) is 6.17 Å². The van der Waals surface area contributed by atoms with E-state index in [1.165, 1.54) is 0 Å². The molecule has 0 radical (unpaired) electrons. The molecule has 0 aromatic carbocycles. The largest absolute Gasteiger partial charge is 0.369 e. The molecule has 0 aromatic rings. The van der Waals surface area contributed by atoms with Crippen LogP contribution in [0.4, 0.5) is 0 Å². The first kappa shape index (κ1) is 6.65. The van der Waals surface area contributed by atoms with Crippen LogP contribution in [-0.2, 0) is 4.79 Å². The lowest BCUT2D eigenvalue weighted by Gasteiger charge is -2.07. The van der Waals surface area contributed by atoms with E-state index in [2.05, 4.69) is 4.99 Å². The van der Waals surface area contributed by atoms with Crippen LogP contribution in [0.3, 0.4) is 0 Å². The van der Waals surface area contributed by atoms with Crippen molar-refractivity contribution in [3.05, 3.63) is 0 Å². The van der Waals surface area contributed by atoms with Crippen molar-refractivity contribution in [1.29, 1.82) is 0 Å². The number of hydrogen-bond donors (Lipinski definition) is 2. The molecule has 9 heavy (non-hydrogen) atoms. The summed E-state index contributed by atoms with van der Waals surface area (Å²) < 4.78 is 0. The smallest absolute Gasteiger partial charge is 0.228 e. The maximum atomic E-state index is 10.5. The molecule has 3 unspecified atom stereocenters. The van der Waals surface area contributed by atoms with E-state index in [1.807, 2.05) is 0 Å². The first-order valence-corrected chi connectivity index (χ1v) is 3.70. The Morgan fingerprint density at radius 3 is 2.67 bits per heavy atom. The fourth-order valence-corrected chi connectivity index (χ4v) is 1.51. The highest BCUT2D eigenvalue weighted by molar-refractivity contribution is 7.57. The summed E-state index contributed by atoms with van der Waals surface area (Å²) in [6.45, 7) is 0. The van der Waals surface area contributed by atoms with Crippen LogP contribution < -0.4 is 11.5 Å². The Hall–Kier alpha value is -0.470. The Bertz CT molecular complexity index is 158. The summed E-state index contributed by atoms with van der Waals surface area (Å²) in [5, 5.41) is 0. The van der Waals surface area contributed by atoms with Gasteiger partial charge in [-0.2, -0.15) is 0 Å². The molecular weight excluding hydrogens is 137 g/mol. The van der Waals surface area contributed by atoms with E-state index >= 15 is 0 Å². The van der Waals surface area contributed by atoms with Crippen molar-refractivity contribution in [3.63, 3.8) is 0 Å². The molecule has 4 nitrogen and oxygen atoms in total. The number of carbonyl (C=O) groups is 1. The van der Waals surface area contributed by atoms with Crippen molar-refractivity contribution in [3.8, 4) is 0 Å². The number of hydrogen-bond acceptors (Lipinski definition) is 3. The minimum absolute atomic E-state index is 0.245. The maximum Gasteiger partial charge on any atom is 0.228 e. The zero-order chi connectivity index (χ0) is 6.85. The minimum Gasteiger partial charge on any atom is -0.369 e. The number of rotatable bonds is 1. The van der Waals surface area contributed by atoms with Crippen LogP contribution >= 0.6 is 8.58 Å². The lowest BCUT2D eigenvalue weighted by Crippen LogP contribution is -2.37. The summed E-state index contributed by atoms with van der Waals surface area (Å²) in [6, 6.07) is 0. The van der Waals surface area contributed by atoms with E-state index in [0.29, 0.717) is 8.58 Å². The average molecular weight is 145 g/mol. The topological polar surface area (TPSA) is 81.5 Å². The number of aliphatic imine (C=N–C) groups is 1. The summed E-state index contributed by atoms with van der Waals surface area (Å²) in [7, 11) is 0.369. The summed E-state index contributed by atoms with van der Waals surface area (Å²) in [6.07, 6.45) is -0.388. The summed E-state index contributed by atoms with van der Waals surface area (Å²) in [5.41, 5.74) is 10.1. The third-order valence-corrected chi connectivity index (χ3v) is 2.43. The Balaban J connectivity index is 2.55. The second kappa shape index (κ2) is 2.42. The van der Waals surface area contributed by atoms with E-state index in [-0.39, 0.29) is 17.7 Å². The van der Waals surface area contributed by atoms with Gasteiger partial charge in [-0.05, 0) is 0 Å². The predicted molar refractivity (Wildman–Crippen MR) is 37.8 cm³/mol. The fraction of sp³-hybridized carbons (Fsp3) is 0.500. The molecule has 1 aliphatic rings. The van der Waals surface area contributed by atoms with Gasteiger partial charge in [0.15, 0.2) is 0 Å². The molecule has 0 aliphatic carbocycles. The van der Waals surface area contributed by atoms with Gasteiger partial charge in [0.2, 0.25) is 5.91 Å². The van der Waals surface area contributed by atoms with Gasteiger partial charge < -0.3 is 11.5 Å². The second-order valence-corrected chi connectivity index (χ2v) is 3.03. The fourth-order valence-electron chi connectivity index (χ4n) is 0.644. The van der Waals surface area contributed by atoms with Crippen molar-refractivity contribution in [2.24, 2.45) is 16.5 Å². The van der Waals surface area contributed by atoms with Crippen LogP contribution in [0.1, 0.15) is 0 Å². The molecule has 50 valence electrons. The van der Waals surface area contributed by atoms with Crippen LogP contribution in [0.2, 0.25) is 0 Å². The van der Waals surface area contributed by atoms with E-state index in [9.17, 15) is 4.79 Å². The Morgan fingerprint density at radius 2 is 2.44 bits per heavy atom. The monoisotopic (exact) mass is 145 g/mol. The van der Waals surface area contributed by atoms with Crippen LogP contribution in [0, 0.1) is 0 Å². The highest BCUT2D eigenvalue weighted by atomic mass is 31.1. The molecule has 5 heteroatoms. The van der Waals surface area contributed by atoms with E-state index in [4.69, 9.17) is 11.5 Å². The van der Waals surface area contributed by atoms with Crippen LogP contribution in [0.15, 0.2) is 4.99 Å². The molecule has 0 spiro atoms. The Kier molecular flexibility index (Phi) is 1.78. The molecule has 4 N–H and O–H groups in total. The summed E-state index contributed by atoms with van der Waals surface area (Å²) in [4.78, 5) is 14.3. The molecule has 1 aliphatic heterocycles. The van der Waals surface area contributed by atoms with Gasteiger partial charge >= 0.3 is 0 Å². The van der Waals surface area contributed by atoms with E-state index in [1.54, 1.807) is 5.96 Å². The molecule has 0 saturated carbocycles. The summed E-state index contributed by atoms with van der Waals surface area (Å²) in [5.74, 6) is 1.32. The SMILES string of the molecule is NC(=O)C1PC=NC1N. The summed E-state index contributed by atoms with van der Waals surface area (Å²) >= 11 is 0. The van der Waals surface area contributed by atoms with E-state index in [0.717, 1.165) is 0 Å². The molecule has 0 bridgehead atoms. The van der Waals surface area contributed by atoms with Gasteiger partial charge in [0.05, 0.1) is 5.66 Å². The molecule has 1 rings (SSSR count). The van der Waals surface area contributed by atoms with Gasteiger partial charge in [-0.1, -0.05) is 8.58 Å². The number of carbonyl (C=O) groups excluding carboxylic acids is 1. The second-order valence-electron chi connectivity index (χ2n) is 1.82. The van der Waals surface area contributed by atoms with Gasteiger partial charge in [-0.3, -0.25) is 9.79 Å². The zero-order valence-corrected chi connectivity index (χ0v) is 5.74. The predicted octanol–water partition coefficient (Wildman–Crippen LogP) is -1.15. The van der Waals surface area contributed by atoms with Gasteiger partial charge in [-0.15, -0.1) is 0 Å². The molecule has 1 amide bonds. The van der Waals surface area contributed by atoms with Gasteiger partial charge in [0.25, 0.3) is 0 Å². The Labute approximate surface area is 54.5 Å². The average Bonchev–Trinajstić information content (AvgIpc) is 2.13. The van der Waals surface area contributed by atoms with E-state index < -0.39 is 0 Å². The van der Waals surface area contributed by atoms with Crippen LogP contribution in [0.25, 0.3) is 0 Å². The minimum atomic E-state index is -0.388. The normalized spacial score (nSPS) is 35.7. The molecule has 0 aromatic heterocycles. The molecule has 0 fully saturated rings.